The molecule has 0 spiro atoms. The molecule has 0 fully saturated rings. The summed E-state index contributed by atoms with van der Waals surface area (Å²) < 4.78 is 10.6. The van der Waals surface area contributed by atoms with E-state index in [4.69, 9.17) is 9.15 Å². The highest BCUT2D eigenvalue weighted by Gasteiger charge is 2.22. The normalized spacial score (nSPS) is 10.7. The number of rotatable bonds is 4. The molecule has 23 heavy (non-hydrogen) atoms. The van der Waals surface area contributed by atoms with E-state index >= 15 is 0 Å². The first-order chi connectivity index (χ1) is 11.1. The maximum Gasteiger partial charge on any atom is 0.360 e. The predicted octanol–water partition coefficient (Wildman–Crippen LogP) is 4.26. The summed E-state index contributed by atoms with van der Waals surface area (Å²) in [6.07, 6.45) is 0. The number of esters is 1. The molecule has 118 valence electrons. The molecule has 1 aromatic carbocycles. The Balaban J connectivity index is 1.98. The number of ether oxygens (including phenoxy) is 1. The van der Waals surface area contributed by atoms with Gasteiger partial charge in [-0.1, -0.05) is 30.3 Å². The lowest BCUT2D eigenvalue weighted by molar-refractivity contribution is 0.0518. The molecule has 2 heterocycles. The minimum atomic E-state index is -0.467. The van der Waals surface area contributed by atoms with Crippen molar-refractivity contribution in [3.8, 4) is 21.3 Å². The molecule has 0 atom stereocenters. The van der Waals surface area contributed by atoms with Gasteiger partial charge in [-0.05, 0) is 20.8 Å². The van der Waals surface area contributed by atoms with Crippen LogP contribution in [-0.2, 0) is 4.74 Å². The van der Waals surface area contributed by atoms with Crippen molar-refractivity contribution in [2.45, 2.75) is 20.8 Å². The zero-order chi connectivity index (χ0) is 16.4. The molecule has 3 aromatic rings. The number of carbonyl (C=O) groups excluding carboxylic acids is 1. The Kier molecular flexibility index (Phi) is 4.25. The summed E-state index contributed by atoms with van der Waals surface area (Å²) >= 11 is 1.49. The first-order valence-corrected chi connectivity index (χ1v) is 8.09. The summed E-state index contributed by atoms with van der Waals surface area (Å²) in [7, 11) is 0. The molecule has 2 aromatic heterocycles. The van der Waals surface area contributed by atoms with Crippen LogP contribution < -0.4 is 0 Å². The number of hydrogen-bond acceptors (Lipinski definition) is 6. The van der Waals surface area contributed by atoms with Crippen LogP contribution >= 0.6 is 11.3 Å². The van der Waals surface area contributed by atoms with Gasteiger partial charge < -0.3 is 9.15 Å². The van der Waals surface area contributed by atoms with Crippen LogP contribution in [0, 0.1) is 13.8 Å². The molecule has 0 aliphatic rings. The summed E-state index contributed by atoms with van der Waals surface area (Å²) in [5.41, 5.74) is 2.09. The van der Waals surface area contributed by atoms with Gasteiger partial charge in [0.1, 0.15) is 15.6 Å². The fraction of sp³-hybridized carbons (Fsp3) is 0.235. The number of benzene rings is 1. The average molecular weight is 328 g/mol. The predicted molar refractivity (Wildman–Crippen MR) is 88.5 cm³/mol. The third-order valence-electron chi connectivity index (χ3n) is 3.28. The van der Waals surface area contributed by atoms with E-state index in [1.54, 1.807) is 13.8 Å². The molecule has 0 radical (unpaired) electrons. The van der Waals surface area contributed by atoms with Crippen molar-refractivity contribution in [3.05, 3.63) is 47.5 Å². The maximum atomic E-state index is 11.9. The van der Waals surface area contributed by atoms with E-state index in [2.05, 4.69) is 9.97 Å². The highest BCUT2D eigenvalue weighted by Crippen LogP contribution is 2.35. The van der Waals surface area contributed by atoms with E-state index in [9.17, 15) is 4.79 Å². The molecule has 3 rings (SSSR count). The van der Waals surface area contributed by atoms with Crippen molar-refractivity contribution in [3.63, 3.8) is 0 Å². The third-order valence-corrected chi connectivity index (χ3v) is 4.47. The minimum Gasteiger partial charge on any atom is -0.461 e. The standard InChI is InChI=1S/C17H16N2O3S/c1-4-21-17(20)13-11(3)22-15(19-13)14-10(2)18-16(23-14)12-8-6-5-7-9-12/h5-9H,4H2,1-3H3. The van der Waals surface area contributed by atoms with E-state index < -0.39 is 5.97 Å². The van der Waals surface area contributed by atoms with Crippen molar-refractivity contribution in [2.75, 3.05) is 6.61 Å². The molecule has 5 nitrogen and oxygen atoms in total. The number of hydrogen-bond donors (Lipinski definition) is 0. The van der Waals surface area contributed by atoms with Gasteiger partial charge in [0.05, 0.1) is 12.3 Å². The van der Waals surface area contributed by atoms with E-state index in [0.717, 1.165) is 21.1 Å². The van der Waals surface area contributed by atoms with Gasteiger partial charge in [-0.15, -0.1) is 11.3 Å². The van der Waals surface area contributed by atoms with Crippen LogP contribution in [0.2, 0.25) is 0 Å². The fourth-order valence-corrected chi connectivity index (χ4v) is 3.18. The molecule has 0 unspecified atom stereocenters. The molecular formula is C17H16N2O3S. The van der Waals surface area contributed by atoms with E-state index in [0.29, 0.717) is 18.3 Å². The first-order valence-electron chi connectivity index (χ1n) is 7.28. The SMILES string of the molecule is CCOC(=O)c1nc(-c2sc(-c3ccccc3)nc2C)oc1C. The van der Waals surface area contributed by atoms with Gasteiger partial charge in [0, 0.05) is 5.56 Å². The van der Waals surface area contributed by atoms with Crippen molar-refractivity contribution >= 4 is 17.3 Å². The summed E-state index contributed by atoms with van der Waals surface area (Å²) in [6.45, 7) is 5.67. The summed E-state index contributed by atoms with van der Waals surface area (Å²) in [6, 6.07) is 9.92. The molecule has 0 N–H and O–H groups in total. The largest absolute Gasteiger partial charge is 0.461 e. The van der Waals surface area contributed by atoms with E-state index in [1.807, 2.05) is 37.3 Å². The highest BCUT2D eigenvalue weighted by molar-refractivity contribution is 7.18. The number of oxazole rings is 1. The maximum absolute atomic E-state index is 11.9. The van der Waals surface area contributed by atoms with Crippen LogP contribution in [0.25, 0.3) is 21.3 Å². The Morgan fingerprint density at radius 1 is 1.22 bits per heavy atom. The Bertz CT molecular complexity index is 837. The minimum absolute atomic E-state index is 0.218. The molecule has 0 aliphatic carbocycles. The molecule has 0 aliphatic heterocycles. The summed E-state index contributed by atoms with van der Waals surface area (Å²) in [5.74, 6) is 0.390. The zero-order valence-corrected chi connectivity index (χ0v) is 13.9. The second-order valence-corrected chi connectivity index (χ2v) is 5.94. The van der Waals surface area contributed by atoms with E-state index in [-0.39, 0.29) is 5.69 Å². The number of aryl methyl sites for hydroxylation is 2. The zero-order valence-electron chi connectivity index (χ0n) is 13.1. The van der Waals surface area contributed by atoms with E-state index in [1.165, 1.54) is 11.3 Å². The Morgan fingerprint density at radius 2 is 1.96 bits per heavy atom. The quantitative estimate of drug-likeness (QED) is 0.670. The summed E-state index contributed by atoms with van der Waals surface area (Å²) in [5, 5.41) is 0.895. The Labute approximate surface area is 138 Å². The van der Waals surface area contributed by atoms with Gasteiger partial charge in [0.25, 0.3) is 0 Å². The van der Waals surface area contributed by atoms with Crippen LogP contribution in [-0.4, -0.2) is 22.5 Å². The molecule has 0 saturated carbocycles. The molecule has 0 amide bonds. The lowest BCUT2D eigenvalue weighted by atomic mass is 10.2. The van der Waals surface area contributed by atoms with Gasteiger partial charge in [-0.2, -0.15) is 0 Å². The molecular weight excluding hydrogens is 312 g/mol. The number of carbonyl (C=O) groups is 1. The van der Waals surface area contributed by atoms with Crippen LogP contribution in [0.15, 0.2) is 34.7 Å². The lowest BCUT2D eigenvalue weighted by Crippen LogP contribution is -2.06. The van der Waals surface area contributed by atoms with Crippen LogP contribution in [0.5, 0.6) is 0 Å². The second-order valence-electron chi connectivity index (χ2n) is 4.94. The number of thiazole rings is 1. The van der Waals surface area contributed by atoms with Gasteiger partial charge in [0.2, 0.25) is 5.89 Å². The fourth-order valence-electron chi connectivity index (χ4n) is 2.18. The summed E-state index contributed by atoms with van der Waals surface area (Å²) in [4.78, 5) is 21.6. The first kappa shape index (κ1) is 15.4. The lowest BCUT2D eigenvalue weighted by Gasteiger charge is -1.96. The van der Waals surface area contributed by atoms with Crippen molar-refractivity contribution in [1.29, 1.82) is 0 Å². The highest BCUT2D eigenvalue weighted by atomic mass is 32.1. The van der Waals surface area contributed by atoms with Gasteiger partial charge in [-0.25, -0.2) is 14.8 Å². The molecule has 0 bridgehead atoms. The van der Waals surface area contributed by atoms with Crippen molar-refractivity contribution < 1.29 is 13.9 Å². The average Bonchev–Trinajstić information content (AvgIpc) is 3.11. The third kappa shape index (κ3) is 3.03. The van der Waals surface area contributed by atoms with Crippen LogP contribution in [0.3, 0.4) is 0 Å². The molecule has 0 saturated heterocycles. The van der Waals surface area contributed by atoms with Gasteiger partial charge >= 0.3 is 5.97 Å². The Hall–Kier alpha value is -2.47. The van der Waals surface area contributed by atoms with Gasteiger partial charge in [0.15, 0.2) is 5.69 Å². The number of aromatic nitrogens is 2. The molecule has 6 heteroatoms. The second kappa shape index (κ2) is 6.34. The Morgan fingerprint density at radius 3 is 2.65 bits per heavy atom. The monoisotopic (exact) mass is 328 g/mol. The van der Waals surface area contributed by atoms with Gasteiger partial charge in [-0.3, -0.25) is 0 Å². The smallest absolute Gasteiger partial charge is 0.360 e. The van der Waals surface area contributed by atoms with Crippen molar-refractivity contribution in [1.82, 2.24) is 9.97 Å². The number of nitrogens with zero attached hydrogens (tertiary/aromatic N) is 2. The van der Waals surface area contributed by atoms with Crippen LogP contribution in [0.4, 0.5) is 0 Å². The van der Waals surface area contributed by atoms with Crippen LogP contribution in [0.1, 0.15) is 28.9 Å². The topological polar surface area (TPSA) is 65.2 Å². The van der Waals surface area contributed by atoms with Crippen molar-refractivity contribution in [2.24, 2.45) is 0 Å².